The van der Waals surface area contributed by atoms with Crippen LogP contribution in [0.5, 0.6) is 0 Å². The van der Waals surface area contributed by atoms with Gasteiger partial charge in [0.05, 0.1) is 0 Å². The van der Waals surface area contributed by atoms with Gasteiger partial charge in [-0.25, -0.2) is 0 Å². The third kappa shape index (κ3) is 5.53. The first kappa shape index (κ1) is 15.7. The van der Waals surface area contributed by atoms with Gasteiger partial charge in [-0.15, -0.1) is 0 Å². The van der Waals surface area contributed by atoms with Crippen LogP contribution in [0.3, 0.4) is 0 Å². The van der Waals surface area contributed by atoms with Gasteiger partial charge in [-0.05, 0) is 55.8 Å². The fourth-order valence-electron chi connectivity index (χ4n) is 2.77. The monoisotopic (exact) mass is 252 g/mol. The standard InChI is InChI=1S/C16H32N2/c1-6-9-17-12-14(2)13-18-10-7-15(8-11-18)16(3,4)5/h15,17H,2,6-13H2,1,3-5H3. The molecular weight excluding hydrogens is 220 g/mol. The minimum atomic E-state index is 0.478. The van der Waals surface area contributed by atoms with Gasteiger partial charge < -0.3 is 5.32 Å². The van der Waals surface area contributed by atoms with E-state index in [9.17, 15) is 0 Å². The Kier molecular flexibility index (Phi) is 6.37. The SMILES string of the molecule is C=C(CNCCC)CN1CCC(C(C)(C)C)CC1. The number of likely N-dealkylation sites (tertiary alicyclic amines) is 1. The van der Waals surface area contributed by atoms with Gasteiger partial charge in [-0.2, -0.15) is 0 Å². The second-order valence-corrected chi connectivity index (χ2v) is 6.84. The summed E-state index contributed by atoms with van der Waals surface area (Å²) in [6.07, 6.45) is 3.89. The number of nitrogens with zero attached hydrogens (tertiary/aromatic N) is 1. The fraction of sp³-hybridized carbons (Fsp3) is 0.875. The Hall–Kier alpha value is -0.340. The van der Waals surface area contributed by atoms with Crippen molar-refractivity contribution in [1.82, 2.24) is 10.2 Å². The minimum absolute atomic E-state index is 0.478. The summed E-state index contributed by atoms with van der Waals surface area (Å²) < 4.78 is 0. The summed E-state index contributed by atoms with van der Waals surface area (Å²) in [5.41, 5.74) is 1.81. The van der Waals surface area contributed by atoms with Crippen LogP contribution in [-0.2, 0) is 0 Å². The summed E-state index contributed by atoms with van der Waals surface area (Å²) in [4.78, 5) is 2.57. The molecule has 1 saturated heterocycles. The second-order valence-electron chi connectivity index (χ2n) is 6.84. The number of hydrogen-bond donors (Lipinski definition) is 1. The molecule has 0 spiro atoms. The normalized spacial score (nSPS) is 19.1. The Morgan fingerprint density at radius 2 is 1.89 bits per heavy atom. The molecule has 106 valence electrons. The third-order valence-electron chi connectivity index (χ3n) is 4.06. The topological polar surface area (TPSA) is 15.3 Å². The zero-order valence-electron chi connectivity index (χ0n) is 12.9. The molecule has 0 aliphatic carbocycles. The molecule has 2 nitrogen and oxygen atoms in total. The smallest absolute Gasteiger partial charge is 0.0202 e. The van der Waals surface area contributed by atoms with Crippen molar-refractivity contribution in [3.05, 3.63) is 12.2 Å². The molecule has 0 saturated carbocycles. The second kappa shape index (κ2) is 7.30. The van der Waals surface area contributed by atoms with Gasteiger partial charge in [0, 0.05) is 13.1 Å². The van der Waals surface area contributed by atoms with E-state index >= 15 is 0 Å². The first-order valence-electron chi connectivity index (χ1n) is 7.53. The van der Waals surface area contributed by atoms with E-state index in [0.717, 1.165) is 25.6 Å². The molecule has 2 heteroatoms. The Balaban J connectivity index is 2.21. The third-order valence-corrected chi connectivity index (χ3v) is 4.06. The van der Waals surface area contributed by atoms with Crippen LogP contribution in [0.4, 0.5) is 0 Å². The van der Waals surface area contributed by atoms with Crippen LogP contribution in [0.1, 0.15) is 47.0 Å². The number of hydrogen-bond acceptors (Lipinski definition) is 2. The molecule has 0 aromatic heterocycles. The summed E-state index contributed by atoms with van der Waals surface area (Å²) in [5, 5.41) is 3.43. The predicted octanol–water partition coefficient (Wildman–Crippen LogP) is 3.30. The van der Waals surface area contributed by atoms with E-state index in [1.165, 1.54) is 37.9 Å². The van der Waals surface area contributed by atoms with Crippen molar-refractivity contribution in [3.8, 4) is 0 Å². The summed E-state index contributed by atoms with van der Waals surface area (Å²) in [6.45, 7) is 19.2. The van der Waals surface area contributed by atoms with Gasteiger partial charge in [-0.3, -0.25) is 4.90 Å². The highest BCUT2D eigenvalue weighted by Crippen LogP contribution is 2.34. The van der Waals surface area contributed by atoms with E-state index in [1.54, 1.807) is 0 Å². The Morgan fingerprint density at radius 1 is 1.28 bits per heavy atom. The van der Waals surface area contributed by atoms with Gasteiger partial charge in [0.2, 0.25) is 0 Å². The molecule has 0 amide bonds. The van der Waals surface area contributed by atoms with Crippen LogP contribution in [0.25, 0.3) is 0 Å². The van der Waals surface area contributed by atoms with Gasteiger partial charge >= 0.3 is 0 Å². The molecule has 0 aromatic rings. The maximum absolute atomic E-state index is 4.18. The highest BCUT2D eigenvalue weighted by atomic mass is 15.1. The molecule has 1 rings (SSSR count). The fourth-order valence-corrected chi connectivity index (χ4v) is 2.77. The van der Waals surface area contributed by atoms with E-state index in [-0.39, 0.29) is 0 Å². The van der Waals surface area contributed by atoms with Crippen molar-refractivity contribution in [1.29, 1.82) is 0 Å². The molecule has 1 fully saturated rings. The van der Waals surface area contributed by atoms with Crippen LogP contribution in [0.2, 0.25) is 0 Å². The summed E-state index contributed by atoms with van der Waals surface area (Å²) in [5.74, 6) is 0.889. The molecule has 0 unspecified atom stereocenters. The average Bonchev–Trinajstić information content (AvgIpc) is 2.29. The zero-order chi connectivity index (χ0) is 13.6. The lowest BCUT2D eigenvalue weighted by molar-refractivity contribution is 0.118. The van der Waals surface area contributed by atoms with Crippen LogP contribution in [-0.4, -0.2) is 37.6 Å². The summed E-state index contributed by atoms with van der Waals surface area (Å²) in [6, 6.07) is 0. The molecule has 0 atom stereocenters. The van der Waals surface area contributed by atoms with Crippen molar-refractivity contribution in [2.45, 2.75) is 47.0 Å². The van der Waals surface area contributed by atoms with Crippen molar-refractivity contribution in [2.75, 3.05) is 32.7 Å². The largest absolute Gasteiger partial charge is 0.313 e. The lowest BCUT2D eigenvalue weighted by Gasteiger charge is -2.39. The molecule has 0 radical (unpaired) electrons. The maximum Gasteiger partial charge on any atom is 0.0202 e. The van der Waals surface area contributed by atoms with Gasteiger partial charge in [0.15, 0.2) is 0 Å². The van der Waals surface area contributed by atoms with Crippen LogP contribution in [0, 0.1) is 11.3 Å². The first-order chi connectivity index (χ1) is 8.43. The van der Waals surface area contributed by atoms with E-state index in [0.29, 0.717) is 5.41 Å². The van der Waals surface area contributed by atoms with Gasteiger partial charge in [0.1, 0.15) is 0 Å². The van der Waals surface area contributed by atoms with Gasteiger partial charge in [0.25, 0.3) is 0 Å². The maximum atomic E-state index is 4.18. The zero-order valence-corrected chi connectivity index (χ0v) is 12.9. The first-order valence-corrected chi connectivity index (χ1v) is 7.53. The molecule has 1 heterocycles. The predicted molar refractivity (Wildman–Crippen MR) is 80.9 cm³/mol. The molecule has 1 aliphatic heterocycles. The number of rotatable bonds is 6. The lowest BCUT2D eigenvalue weighted by atomic mass is 9.75. The number of piperidine rings is 1. The molecule has 0 bridgehead atoms. The van der Waals surface area contributed by atoms with Crippen molar-refractivity contribution in [2.24, 2.45) is 11.3 Å². The molecular formula is C16H32N2. The average molecular weight is 252 g/mol. The van der Waals surface area contributed by atoms with E-state index in [1.807, 2.05) is 0 Å². The van der Waals surface area contributed by atoms with Crippen LogP contribution < -0.4 is 5.32 Å². The Labute approximate surface area is 114 Å². The highest BCUT2D eigenvalue weighted by Gasteiger charge is 2.28. The Morgan fingerprint density at radius 3 is 2.39 bits per heavy atom. The summed E-state index contributed by atoms with van der Waals surface area (Å²) >= 11 is 0. The van der Waals surface area contributed by atoms with Crippen molar-refractivity contribution < 1.29 is 0 Å². The van der Waals surface area contributed by atoms with Crippen molar-refractivity contribution in [3.63, 3.8) is 0 Å². The molecule has 0 aromatic carbocycles. The quantitative estimate of drug-likeness (QED) is 0.576. The summed E-state index contributed by atoms with van der Waals surface area (Å²) in [7, 11) is 0. The van der Waals surface area contributed by atoms with E-state index in [2.05, 4.69) is 44.5 Å². The minimum Gasteiger partial charge on any atom is -0.313 e. The molecule has 18 heavy (non-hydrogen) atoms. The molecule has 1 aliphatic rings. The van der Waals surface area contributed by atoms with Gasteiger partial charge in [-0.1, -0.05) is 34.3 Å². The van der Waals surface area contributed by atoms with E-state index in [4.69, 9.17) is 0 Å². The highest BCUT2D eigenvalue weighted by molar-refractivity contribution is 5.00. The number of nitrogens with one attached hydrogen (secondary N) is 1. The van der Waals surface area contributed by atoms with E-state index < -0.39 is 0 Å². The molecule has 1 N–H and O–H groups in total. The van der Waals surface area contributed by atoms with Crippen molar-refractivity contribution >= 4 is 0 Å². The van der Waals surface area contributed by atoms with Crippen LogP contribution >= 0.6 is 0 Å². The lowest BCUT2D eigenvalue weighted by Crippen LogP contribution is -2.39. The van der Waals surface area contributed by atoms with Crippen LogP contribution in [0.15, 0.2) is 12.2 Å². The Bertz CT molecular complexity index is 244.